The van der Waals surface area contributed by atoms with Crippen LogP contribution in [-0.2, 0) is 6.54 Å². The number of nitrogens with one attached hydrogen (secondary N) is 2. The van der Waals surface area contributed by atoms with E-state index >= 15 is 0 Å². The molecule has 0 saturated heterocycles. The minimum atomic E-state index is 0.562. The van der Waals surface area contributed by atoms with E-state index in [0.29, 0.717) is 6.04 Å². The Kier molecular flexibility index (Phi) is 4.50. The number of hydrogen-bond donors (Lipinski definition) is 2. The number of thiocarbonyl (C=S) groups is 1. The maximum Gasteiger partial charge on any atom is 0.166 e. The van der Waals surface area contributed by atoms with Crippen LogP contribution in [0.4, 0.5) is 0 Å². The quantitative estimate of drug-likeness (QED) is 0.852. The summed E-state index contributed by atoms with van der Waals surface area (Å²) in [5, 5.41) is 11.6. The Morgan fingerprint density at radius 2 is 2.00 bits per heavy atom. The van der Waals surface area contributed by atoms with E-state index in [1.165, 1.54) is 31.2 Å². The van der Waals surface area contributed by atoms with E-state index in [9.17, 15) is 0 Å². The first kappa shape index (κ1) is 14.1. The molecule has 0 unspecified atom stereocenters. The smallest absolute Gasteiger partial charge is 0.166 e. The summed E-state index contributed by atoms with van der Waals surface area (Å²) in [6.45, 7) is 0.748. The van der Waals surface area contributed by atoms with Crippen molar-refractivity contribution in [3.8, 4) is 5.69 Å². The number of nitrogens with zero attached hydrogens (tertiary/aromatic N) is 2. The summed E-state index contributed by atoms with van der Waals surface area (Å²) >= 11 is 5.34. The number of benzene rings is 1. The first-order chi connectivity index (χ1) is 10.3. The molecule has 1 heterocycles. The third kappa shape index (κ3) is 3.82. The fourth-order valence-electron chi connectivity index (χ4n) is 2.68. The van der Waals surface area contributed by atoms with E-state index in [1.807, 2.05) is 16.9 Å². The molecule has 0 atom stereocenters. The summed E-state index contributed by atoms with van der Waals surface area (Å²) in [6, 6.07) is 10.8. The monoisotopic (exact) mass is 300 g/mol. The molecular weight excluding hydrogens is 280 g/mol. The maximum absolute atomic E-state index is 5.34. The van der Waals surface area contributed by atoms with E-state index < -0.39 is 0 Å². The molecule has 0 aliphatic heterocycles. The van der Waals surface area contributed by atoms with Gasteiger partial charge in [-0.25, -0.2) is 4.68 Å². The summed E-state index contributed by atoms with van der Waals surface area (Å²) in [4.78, 5) is 0. The van der Waals surface area contributed by atoms with Crippen LogP contribution in [-0.4, -0.2) is 20.9 Å². The van der Waals surface area contributed by atoms with Crippen LogP contribution in [0.15, 0.2) is 42.7 Å². The van der Waals surface area contributed by atoms with Crippen molar-refractivity contribution in [2.24, 2.45) is 0 Å². The Balaban J connectivity index is 1.50. The zero-order valence-electron chi connectivity index (χ0n) is 12.0. The lowest BCUT2D eigenvalue weighted by atomic mass is 10.2. The molecule has 0 spiro atoms. The highest BCUT2D eigenvalue weighted by atomic mass is 32.1. The van der Waals surface area contributed by atoms with Crippen LogP contribution in [0.3, 0.4) is 0 Å². The molecule has 1 aromatic heterocycles. The second-order valence-electron chi connectivity index (χ2n) is 5.43. The van der Waals surface area contributed by atoms with Gasteiger partial charge in [-0.05, 0) is 48.8 Å². The van der Waals surface area contributed by atoms with Crippen LogP contribution in [0.2, 0.25) is 0 Å². The summed E-state index contributed by atoms with van der Waals surface area (Å²) < 4.78 is 1.85. The van der Waals surface area contributed by atoms with Gasteiger partial charge in [0.25, 0.3) is 0 Å². The maximum atomic E-state index is 5.34. The fourth-order valence-corrected chi connectivity index (χ4v) is 2.92. The molecule has 4 nitrogen and oxygen atoms in total. The Hall–Kier alpha value is -1.88. The van der Waals surface area contributed by atoms with Gasteiger partial charge < -0.3 is 10.6 Å². The molecule has 1 fully saturated rings. The Morgan fingerprint density at radius 3 is 2.67 bits per heavy atom. The number of rotatable bonds is 4. The number of aromatic nitrogens is 2. The highest BCUT2D eigenvalue weighted by Gasteiger charge is 2.15. The molecular formula is C16H20N4S. The van der Waals surface area contributed by atoms with Crippen LogP contribution >= 0.6 is 12.2 Å². The largest absolute Gasteiger partial charge is 0.360 e. The van der Waals surface area contributed by atoms with Crippen molar-refractivity contribution in [3.05, 3.63) is 48.3 Å². The van der Waals surface area contributed by atoms with Crippen LogP contribution in [0.1, 0.15) is 31.2 Å². The van der Waals surface area contributed by atoms with Gasteiger partial charge in [-0.3, -0.25) is 0 Å². The van der Waals surface area contributed by atoms with Crippen molar-refractivity contribution in [1.82, 2.24) is 20.4 Å². The van der Waals surface area contributed by atoms with E-state index in [-0.39, 0.29) is 0 Å². The summed E-state index contributed by atoms with van der Waals surface area (Å²) in [5.74, 6) is 0. The Morgan fingerprint density at radius 1 is 1.24 bits per heavy atom. The van der Waals surface area contributed by atoms with Gasteiger partial charge in [-0.1, -0.05) is 25.0 Å². The molecule has 1 aromatic carbocycles. The van der Waals surface area contributed by atoms with Crippen molar-refractivity contribution in [1.29, 1.82) is 0 Å². The van der Waals surface area contributed by atoms with Gasteiger partial charge in [0, 0.05) is 25.0 Å². The van der Waals surface area contributed by atoms with Crippen LogP contribution < -0.4 is 10.6 Å². The van der Waals surface area contributed by atoms with E-state index in [1.54, 1.807) is 6.20 Å². The summed E-state index contributed by atoms with van der Waals surface area (Å²) in [6.07, 6.45) is 8.82. The van der Waals surface area contributed by atoms with Crippen LogP contribution in [0, 0.1) is 0 Å². The van der Waals surface area contributed by atoms with Gasteiger partial charge in [-0.15, -0.1) is 0 Å². The standard InChI is InChI=1S/C16H20N4S/c21-16(19-14-4-1-2-5-14)17-12-13-6-8-15(9-7-13)20-11-3-10-18-20/h3,6-11,14H,1-2,4-5,12H2,(H2,17,19,21). The van der Waals surface area contributed by atoms with Crippen molar-refractivity contribution < 1.29 is 0 Å². The zero-order valence-corrected chi connectivity index (χ0v) is 12.8. The molecule has 2 aromatic rings. The zero-order chi connectivity index (χ0) is 14.5. The van der Waals surface area contributed by atoms with Crippen molar-refractivity contribution in [2.45, 2.75) is 38.3 Å². The third-order valence-electron chi connectivity index (χ3n) is 3.85. The van der Waals surface area contributed by atoms with Gasteiger partial charge in [0.1, 0.15) is 0 Å². The van der Waals surface area contributed by atoms with Gasteiger partial charge >= 0.3 is 0 Å². The lowest BCUT2D eigenvalue weighted by Gasteiger charge is -2.15. The predicted molar refractivity (Wildman–Crippen MR) is 88.4 cm³/mol. The van der Waals surface area contributed by atoms with Crippen molar-refractivity contribution >= 4 is 17.3 Å². The molecule has 1 aliphatic carbocycles. The Labute approximate surface area is 130 Å². The van der Waals surface area contributed by atoms with Gasteiger partial charge in [-0.2, -0.15) is 5.10 Å². The second-order valence-corrected chi connectivity index (χ2v) is 5.83. The first-order valence-electron chi connectivity index (χ1n) is 7.44. The van der Waals surface area contributed by atoms with Crippen molar-refractivity contribution in [2.75, 3.05) is 0 Å². The van der Waals surface area contributed by atoms with Crippen molar-refractivity contribution in [3.63, 3.8) is 0 Å². The minimum absolute atomic E-state index is 0.562. The molecule has 5 heteroatoms. The molecule has 3 rings (SSSR count). The van der Waals surface area contributed by atoms with Gasteiger partial charge in [0.05, 0.1) is 5.69 Å². The lowest BCUT2D eigenvalue weighted by Crippen LogP contribution is -2.40. The summed E-state index contributed by atoms with van der Waals surface area (Å²) in [7, 11) is 0. The molecule has 1 aliphatic rings. The Bertz CT molecular complexity index is 571. The first-order valence-corrected chi connectivity index (χ1v) is 7.85. The predicted octanol–water partition coefficient (Wildman–Crippen LogP) is 2.78. The molecule has 0 bridgehead atoms. The average Bonchev–Trinajstić information content (AvgIpc) is 3.19. The van der Waals surface area contributed by atoms with E-state index in [2.05, 4.69) is 40.0 Å². The fraction of sp³-hybridized carbons (Fsp3) is 0.375. The molecule has 0 radical (unpaired) electrons. The highest BCUT2D eigenvalue weighted by molar-refractivity contribution is 7.80. The SMILES string of the molecule is S=C(NCc1ccc(-n2cccn2)cc1)NC1CCCC1. The molecule has 2 N–H and O–H groups in total. The topological polar surface area (TPSA) is 41.9 Å². The van der Waals surface area contributed by atoms with E-state index in [4.69, 9.17) is 12.2 Å². The third-order valence-corrected chi connectivity index (χ3v) is 4.11. The minimum Gasteiger partial charge on any atom is -0.360 e. The molecule has 1 saturated carbocycles. The molecule has 110 valence electrons. The average molecular weight is 300 g/mol. The van der Waals surface area contributed by atoms with Gasteiger partial charge in [0.2, 0.25) is 0 Å². The summed E-state index contributed by atoms with van der Waals surface area (Å²) in [5.41, 5.74) is 2.27. The van der Waals surface area contributed by atoms with Crippen LogP contribution in [0.25, 0.3) is 5.69 Å². The van der Waals surface area contributed by atoms with E-state index in [0.717, 1.165) is 17.3 Å². The van der Waals surface area contributed by atoms with Crippen LogP contribution in [0.5, 0.6) is 0 Å². The number of hydrogen-bond acceptors (Lipinski definition) is 2. The normalized spacial score (nSPS) is 15.0. The second kappa shape index (κ2) is 6.72. The molecule has 0 amide bonds. The van der Waals surface area contributed by atoms with Gasteiger partial charge in [0.15, 0.2) is 5.11 Å². The molecule has 21 heavy (non-hydrogen) atoms. The lowest BCUT2D eigenvalue weighted by molar-refractivity contribution is 0.621. The highest BCUT2D eigenvalue weighted by Crippen LogP contribution is 2.17.